The Labute approximate surface area is 142 Å². The van der Waals surface area contributed by atoms with E-state index < -0.39 is 5.41 Å². The third-order valence-electron chi connectivity index (χ3n) is 3.64. The van der Waals surface area contributed by atoms with Gasteiger partial charge in [-0.3, -0.25) is 9.59 Å². The highest BCUT2D eigenvalue weighted by Crippen LogP contribution is 2.24. The highest BCUT2D eigenvalue weighted by atomic mass is 16.2. The first-order chi connectivity index (χ1) is 11.2. The van der Waals surface area contributed by atoms with Gasteiger partial charge in [0.15, 0.2) is 0 Å². The Bertz CT molecular complexity index is 726. The van der Waals surface area contributed by atoms with Crippen molar-refractivity contribution in [2.75, 3.05) is 5.32 Å². The third-order valence-corrected chi connectivity index (χ3v) is 3.64. The molecule has 2 N–H and O–H groups in total. The monoisotopic (exact) mass is 328 g/mol. The summed E-state index contributed by atoms with van der Waals surface area (Å²) in [6.45, 7) is 7.08. The van der Waals surface area contributed by atoms with Gasteiger partial charge >= 0.3 is 0 Å². The molecule has 0 aliphatic carbocycles. The van der Waals surface area contributed by atoms with Crippen molar-refractivity contribution in [1.29, 1.82) is 0 Å². The second kappa shape index (κ2) is 6.86. The summed E-state index contributed by atoms with van der Waals surface area (Å²) in [5.74, 6) is 0.575. The summed E-state index contributed by atoms with van der Waals surface area (Å²) < 4.78 is 1.88. The molecule has 128 valence electrons. The summed E-state index contributed by atoms with van der Waals surface area (Å²) in [6, 6.07) is 7.04. The zero-order valence-electron chi connectivity index (χ0n) is 14.8. The van der Waals surface area contributed by atoms with E-state index in [9.17, 15) is 9.59 Å². The van der Waals surface area contributed by atoms with Gasteiger partial charge in [-0.25, -0.2) is 4.98 Å². The minimum absolute atomic E-state index is 0.0542. The molecule has 0 fully saturated rings. The number of rotatable bonds is 4. The Morgan fingerprint density at radius 3 is 2.25 bits per heavy atom. The van der Waals surface area contributed by atoms with Crippen molar-refractivity contribution < 1.29 is 9.59 Å². The van der Waals surface area contributed by atoms with Crippen LogP contribution in [0.5, 0.6) is 0 Å². The quantitative estimate of drug-likeness (QED) is 0.906. The van der Waals surface area contributed by atoms with Gasteiger partial charge in [0.25, 0.3) is 0 Å². The predicted octanol–water partition coefficient (Wildman–Crippen LogP) is 2.63. The highest BCUT2D eigenvalue weighted by Gasteiger charge is 2.27. The predicted molar refractivity (Wildman–Crippen MR) is 93.4 cm³/mol. The molecule has 0 spiro atoms. The van der Waals surface area contributed by atoms with Gasteiger partial charge in [0.1, 0.15) is 11.9 Å². The van der Waals surface area contributed by atoms with Crippen molar-refractivity contribution in [3.05, 3.63) is 48.0 Å². The molecule has 1 aromatic carbocycles. The first-order valence-electron chi connectivity index (χ1n) is 7.84. The molecule has 0 saturated heterocycles. The van der Waals surface area contributed by atoms with Crippen molar-refractivity contribution in [3.8, 4) is 0 Å². The van der Waals surface area contributed by atoms with E-state index in [1.807, 2.05) is 62.8 Å². The van der Waals surface area contributed by atoms with E-state index in [2.05, 4.69) is 15.6 Å². The summed E-state index contributed by atoms with van der Waals surface area (Å²) in [5, 5.41) is 5.80. The maximum Gasteiger partial charge on any atom is 0.226 e. The number of nitrogens with one attached hydrogen (secondary N) is 2. The fraction of sp³-hybridized carbons (Fsp3) is 0.389. The lowest BCUT2D eigenvalue weighted by atomic mass is 9.94. The van der Waals surface area contributed by atoms with Gasteiger partial charge in [0.2, 0.25) is 11.8 Å². The highest BCUT2D eigenvalue weighted by molar-refractivity contribution is 5.88. The Kier molecular flexibility index (Phi) is 5.07. The fourth-order valence-corrected chi connectivity index (χ4v) is 2.26. The van der Waals surface area contributed by atoms with E-state index >= 15 is 0 Å². The lowest BCUT2D eigenvalue weighted by molar-refractivity contribution is -0.129. The van der Waals surface area contributed by atoms with Crippen LogP contribution in [0.25, 0.3) is 0 Å². The summed E-state index contributed by atoms with van der Waals surface area (Å²) in [4.78, 5) is 28.0. The molecule has 0 saturated carbocycles. The number of hydrogen-bond donors (Lipinski definition) is 2. The molecule has 1 unspecified atom stereocenters. The van der Waals surface area contributed by atoms with E-state index in [1.54, 1.807) is 6.20 Å². The van der Waals surface area contributed by atoms with Gasteiger partial charge < -0.3 is 15.2 Å². The number of hydrogen-bond acceptors (Lipinski definition) is 3. The van der Waals surface area contributed by atoms with Crippen LogP contribution >= 0.6 is 0 Å². The number of imidazole rings is 1. The Morgan fingerprint density at radius 1 is 1.17 bits per heavy atom. The van der Waals surface area contributed by atoms with E-state index in [1.165, 1.54) is 6.92 Å². The van der Waals surface area contributed by atoms with E-state index in [0.29, 0.717) is 5.69 Å². The molecular weight excluding hydrogens is 304 g/mol. The minimum Gasteiger partial charge on any atom is -0.342 e. The molecule has 1 atom stereocenters. The van der Waals surface area contributed by atoms with Crippen LogP contribution in [0, 0.1) is 5.41 Å². The topological polar surface area (TPSA) is 76.0 Å². The van der Waals surface area contributed by atoms with Gasteiger partial charge in [0, 0.05) is 37.5 Å². The van der Waals surface area contributed by atoms with Crippen LogP contribution in [0.15, 0.2) is 36.7 Å². The average molecular weight is 328 g/mol. The molecule has 2 rings (SSSR count). The number of anilines is 1. The summed E-state index contributed by atoms with van der Waals surface area (Å²) in [5.41, 5.74) is 1.11. The molecule has 0 bridgehead atoms. The molecule has 1 aromatic heterocycles. The lowest BCUT2D eigenvalue weighted by Crippen LogP contribution is -2.38. The number of carbonyl (C=O) groups is 2. The second-order valence-electron chi connectivity index (χ2n) is 6.86. The van der Waals surface area contributed by atoms with Crippen LogP contribution in [-0.4, -0.2) is 21.4 Å². The van der Waals surface area contributed by atoms with E-state index in [4.69, 9.17) is 0 Å². The Balaban J connectivity index is 2.34. The number of nitrogens with zero attached hydrogens (tertiary/aromatic N) is 2. The number of carbonyl (C=O) groups excluding carboxylic acids is 2. The maximum absolute atomic E-state index is 12.5. The van der Waals surface area contributed by atoms with E-state index in [-0.39, 0.29) is 17.9 Å². The van der Waals surface area contributed by atoms with Crippen LogP contribution < -0.4 is 10.6 Å². The molecule has 0 radical (unpaired) electrons. The normalized spacial score (nSPS) is 12.5. The number of amides is 2. The maximum atomic E-state index is 12.5. The molecule has 0 aliphatic heterocycles. The zero-order valence-corrected chi connectivity index (χ0v) is 14.8. The van der Waals surface area contributed by atoms with E-state index in [0.717, 1.165) is 11.4 Å². The van der Waals surface area contributed by atoms with Crippen molar-refractivity contribution in [2.45, 2.75) is 33.7 Å². The Hall–Kier alpha value is -2.63. The largest absolute Gasteiger partial charge is 0.342 e. The minimum atomic E-state index is -0.500. The molecule has 24 heavy (non-hydrogen) atoms. The van der Waals surface area contributed by atoms with Crippen LogP contribution in [0.3, 0.4) is 0 Å². The molecule has 2 amide bonds. The first kappa shape index (κ1) is 17.7. The zero-order chi connectivity index (χ0) is 17.9. The summed E-state index contributed by atoms with van der Waals surface area (Å²) in [7, 11) is 1.89. The molecule has 6 heteroatoms. The van der Waals surface area contributed by atoms with Crippen molar-refractivity contribution in [3.63, 3.8) is 0 Å². The molecule has 1 heterocycles. The third kappa shape index (κ3) is 4.22. The SMILES string of the molecule is CC(=O)Nc1ccc(C(NC(=O)C(C)(C)C)c2nccn2C)cc1. The molecule has 2 aromatic rings. The van der Waals surface area contributed by atoms with Crippen LogP contribution in [0.2, 0.25) is 0 Å². The van der Waals surface area contributed by atoms with Crippen LogP contribution in [-0.2, 0) is 16.6 Å². The average Bonchev–Trinajstić information content (AvgIpc) is 2.90. The standard InChI is InChI=1S/C18H24N4O2/c1-12(23)20-14-8-6-13(7-9-14)15(16-19-10-11-22(16)5)21-17(24)18(2,3)4/h6-11,15H,1-5H3,(H,20,23)(H,21,24). The molecular formula is C18H24N4O2. The van der Waals surface area contributed by atoms with Gasteiger partial charge in [-0.1, -0.05) is 32.9 Å². The summed E-state index contributed by atoms with van der Waals surface area (Å²) in [6.07, 6.45) is 3.55. The molecule has 6 nitrogen and oxygen atoms in total. The van der Waals surface area contributed by atoms with Gasteiger partial charge in [-0.2, -0.15) is 0 Å². The number of benzene rings is 1. The number of aromatic nitrogens is 2. The second-order valence-corrected chi connectivity index (χ2v) is 6.86. The number of aryl methyl sites for hydroxylation is 1. The van der Waals surface area contributed by atoms with Crippen molar-refractivity contribution in [2.24, 2.45) is 12.5 Å². The van der Waals surface area contributed by atoms with Crippen LogP contribution in [0.1, 0.15) is 45.1 Å². The fourth-order valence-electron chi connectivity index (χ4n) is 2.26. The van der Waals surface area contributed by atoms with Gasteiger partial charge in [-0.15, -0.1) is 0 Å². The van der Waals surface area contributed by atoms with Gasteiger partial charge in [0.05, 0.1) is 0 Å². The first-order valence-corrected chi connectivity index (χ1v) is 7.84. The summed E-state index contributed by atoms with van der Waals surface area (Å²) >= 11 is 0. The van der Waals surface area contributed by atoms with Gasteiger partial charge in [-0.05, 0) is 17.7 Å². The van der Waals surface area contributed by atoms with Crippen molar-refractivity contribution >= 4 is 17.5 Å². The van der Waals surface area contributed by atoms with Crippen molar-refractivity contribution in [1.82, 2.24) is 14.9 Å². The molecule has 0 aliphatic rings. The van der Waals surface area contributed by atoms with Crippen LogP contribution in [0.4, 0.5) is 5.69 Å². The lowest BCUT2D eigenvalue weighted by Gasteiger charge is -2.24. The smallest absolute Gasteiger partial charge is 0.226 e. The Morgan fingerprint density at radius 2 is 1.79 bits per heavy atom.